The van der Waals surface area contributed by atoms with Crippen molar-refractivity contribution in [3.05, 3.63) is 35.4 Å². The fraction of sp³-hybridized carbons (Fsp3) is 0.579. The van der Waals surface area contributed by atoms with Gasteiger partial charge in [-0.15, -0.1) is 24.0 Å². The van der Waals surface area contributed by atoms with Gasteiger partial charge in [-0.05, 0) is 38.7 Å². The predicted molar refractivity (Wildman–Crippen MR) is 114 cm³/mol. The number of amides is 1. The molecule has 1 amide bonds. The SMILES string of the molecule is CCNC(=NCCCC(=O)NC1CC1)N(C)Cc1ccc(C)cc1.I. The largest absolute Gasteiger partial charge is 0.357 e. The van der Waals surface area contributed by atoms with Gasteiger partial charge in [0, 0.05) is 39.1 Å². The fourth-order valence-corrected chi connectivity index (χ4v) is 2.46. The summed E-state index contributed by atoms with van der Waals surface area (Å²) in [6.45, 7) is 6.48. The van der Waals surface area contributed by atoms with E-state index in [1.165, 1.54) is 11.1 Å². The molecule has 0 saturated heterocycles. The molecule has 140 valence electrons. The lowest BCUT2D eigenvalue weighted by Gasteiger charge is -2.22. The number of benzene rings is 1. The molecule has 1 aromatic carbocycles. The minimum absolute atomic E-state index is 0. The van der Waals surface area contributed by atoms with Gasteiger partial charge in [0.05, 0.1) is 0 Å². The van der Waals surface area contributed by atoms with Crippen molar-refractivity contribution in [1.82, 2.24) is 15.5 Å². The van der Waals surface area contributed by atoms with Crippen molar-refractivity contribution in [2.24, 2.45) is 4.99 Å². The Labute approximate surface area is 168 Å². The van der Waals surface area contributed by atoms with E-state index in [4.69, 9.17) is 0 Å². The van der Waals surface area contributed by atoms with E-state index in [-0.39, 0.29) is 29.9 Å². The van der Waals surface area contributed by atoms with Gasteiger partial charge in [0.25, 0.3) is 0 Å². The Bertz CT molecular complexity index is 555. The molecule has 2 N–H and O–H groups in total. The van der Waals surface area contributed by atoms with Gasteiger partial charge in [-0.2, -0.15) is 0 Å². The second-order valence-electron chi connectivity index (χ2n) is 6.52. The van der Waals surface area contributed by atoms with Gasteiger partial charge < -0.3 is 15.5 Å². The first-order chi connectivity index (χ1) is 11.6. The second-order valence-corrected chi connectivity index (χ2v) is 6.52. The summed E-state index contributed by atoms with van der Waals surface area (Å²) in [5.41, 5.74) is 2.53. The molecule has 0 unspecified atom stereocenters. The highest BCUT2D eigenvalue weighted by molar-refractivity contribution is 14.0. The Morgan fingerprint density at radius 2 is 1.96 bits per heavy atom. The van der Waals surface area contributed by atoms with E-state index in [0.29, 0.717) is 19.0 Å². The van der Waals surface area contributed by atoms with Crippen molar-refractivity contribution in [2.75, 3.05) is 20.1 Å². The number of nitrogens with one attached hydrogen (secondary N) is 2. The molecule has 1 aliphatic rings. The van der Waals surface area contributed by atoms with Gasteiger partial charge in [-0.25, -0.2) is 0 Å². The summed E-state index contributed by atoms with van der Waals surface area (Å²) in [6, 6.07) is 9.01. The van der Waals surface area contributed by atoms with Gasteiger partial charge in [0.2, 0.25) is 5.91 Å². The number of halogens is 1. The summed E-state index contributed by atoms with van der Waals surface area (Å²) < 4.78 is 0. The number of guanidine groups is 1. The van der Waals surface area contributed by atoms with Crippen LogP contribution in [0.5, 0.6) is 0 Å². The molecule has 2 rings (SSSR count). The average Bonchev–Trinajstić information content (AvgIpc) is 3.36. The highest BCUT2D eigenvalue weighted by Crippen LogP contribution is 2.18. The van der Waals surface area contributed by atoms with Crippen LogP contribution in [0.25, 0.3) is 0 Å². The average molecular weight is 458 g/mol. The Kier molecular flexibility index (Phi) is 9.85. The molecule has 0 bridgehead atoms. The third-order valence-electron chi connectivity index (χ3n) is 4.00. The molecule has 0 radical (unpaired) electrons. The van der Waals surface area contributed by atoms with Crippen LogP contribution >= 0.6 is 24.0 Å². The van der Waals surface area contributed by atoms with Crippen LogP contribution in [0.2, 0.25) is 0 Å². The standard InChI is InChI=1S/C19H30N4O.HI/c1-4-20-19(21-13-5-6-18(24)22-17-11-12-17)23(3)14-16-9-7-15(2)8-10-16;/h7-10,17H,4-6,11-14H2,1-3H3,(H,20,21)(H,22,24);1H. The molecule has 5 nitrogen and oxygen atoms in total. The maximum Gasteiger partial charge on any atom is 0.220 e. The number of hydrogen-bond donors (Lipinski definition) is 2. The van der Waals surface area contributed by atoms with E-state index in [9.17, 15) is 4.79 Å². The third kappa shape index (κ3) is 8.56. The Hall–Kier alpha value is -1.31. The van der Waals surface area contributed by atoms with E-state index in [1.807, 2.05) is 7.05 Å². The number of aryl methyl sites for hydroxylation is 1. The molecule has 0 aromatic heterocycles. The maximum atomic E-state index is 11.7. The fourth-order valence-electron chi connectivity index (χ4n) is 2.46. The monoisotopic (exact) mass is 458 g/mol. The first-order valence-corrected chi connectivity index (χ1v) is 8.93. The molecule has 6 heteroatoms. The van der Waals surface area contributed by atoms with Gasteiger partial charge in [0.15, 0.2) is 5.96 Å². The predicted octanol–water partition coefficient (Wildman–Crippen LogP) is 3.07. The Morgan fingerprint density at radius 3 is 2.56 bits per heavy atom. The van der Waals surface area contributed by atoms with Crippen molar-refractivity contribution in [3.63, 3.8) is 0 Å². The topological polar surface area (TPSA) is 56.7 Å². The van der Waals surface area contributed by atoms with Crippen LogP contribution < -0.4 is 10.6 Å². The van der Waals surface area contributed by atoms with Gasteiger partial charge >= 0.3 is 0 Å². The van der Waals surface area contributed by atoms with Crippen molar-refractivity contribution in [1.29, 1.82) is 0 Å². The molecule has 1 aliphatic carbocycles. The Balaban J connectivity index is 0.00000312. The summed E-state index contributed by atoms with van der Waals surface area (Å²) in [5.74, 6) is 1.05. The molecule has 0 aliphatic heterocycles. The minimum atomic E-state index is 0. The first-order valence-electron chi connectivity index (χ1n) is 8.93. The summed E-state index contributed by atoms with van der Waals surface area (Å²) in [6.07, 6.45) is 3.61. The zero-order valence-electron chi connectivity index (χ0n) is 15.5. The van der Waals surface area contributed by atoms with E-state index in [1.54, 1.807) is 0 Å². The van der Waals surface area contributed by atoms with Crippen molar-refractivity contribution >= 4 is 35.8 Å². The van der Waals surface area contributed by atoms with E-state index in [2.05, 4.69) is 58.6 Å². The van der Waals surface area contributed by atoms with E-state index in [0.717, 1.165) is 38.3 Å². The molecule has 25 heavy (non-hydrogen) atoms. The van der Waals surface area contributed by atoms with Crippen molar-refractivity contribution < 1.29 is 4.79 Å². The van der Waals surface area contributed by atoms with E-state index >= 15 is 0 Å². The zero-order chi connectivity index (χ0) is 17.4. The normalized spacial score (nSPS) is 13.8. The second kappa shape index (κ2) is 11.3. The lowest BCUT2D eigenvalue weighted by molar-refractivity contribution is -0.121. The number of carbonyl (C=O) groups is 1. The van der Waals surface area contributed by atoms with Crippen LogP contribution in [-0.2, 0) is 11.3 Å². The lowest BCUT2D eigenvalue weighted by Crippen LogP contribution is -2.38. The maximum absolute atomic E-state index is 11.7. The smallest absolute Gasteiger partial charge is 0.220 e. The van der Waals surface area contributed by atoms with E-state index < -0.39 is 0 Å². The Morgan fingerprint density at radius 1 is 1.28 bits per heavy atom. The molecule has 0 atom stereocenters. The van der Waals surface area contributed by atoms with Crippen LogP contribution in [-0.4, -0.2) is 42.9 Å². The van der Waals surface area contributed by atoms with Crippen LogP contribution in [0.1, 0.15) is 43.7 Å². The quantitative estimate of drug-likeness (QED) is 0.273. The highest BCUT2D eigenvalue weighted by Gasteiger charge is 2.22. The summed E-state index contributed by atoms with van der Waals surface area (Å²) in [7, 11) is 2.04. The number of aliphatic imine (C=N–C) groups is 1. The highest BCUT2D eigenvalue weighted by atomic mass is 127. The van der Waals surface area contributed by atoms with Crippen LogP contribution in [0.15, 0.2) is 29.3 Å². The molecule has 1 aromatic rings. The van der Waals surface area contributed by atoms with Crippen LogP contribution in [0.3, 0.4) is 0 Å². The molecule has 1 fully saturated rings. The van der Waals surface area contributed by atoms with Gasteiger partial charge in [-0.3, -0.25) is 9.79 Å². The molecule has 0 spiro atoms. The number of carbonyl (C=O) groups excluding carboxylic acids is 1. The number of rotatable bonds is 8. The lowest BCUT2D eigenvalue weighted by atomic mass is 10.1. The minimum Gasteiger partial charge on any atom is -0.357 e. The molecular formula is C19H31IN4O. The number of nitrogens with zero attached hydrogens (tertiary/aromatic N) is 2. The van der Waals surface area contributed by atoms with Crippen molar-refractivity contribution in [2.45, 2.75) is 52.1 Å². The zero-order valence-corrected chi connectivity index (χ0v) is 17.9. The van der Waals surface area contributed by atoms with Crippen LogP contribution in [0.4, 0.5) is 0 Å². The molecular weight excluding hydrogens is 427 g/mol. The van der Waals surface area contributed by atoms with Crippen LogP contribution in [0, 0.1) is 6.92 Å². The number of hydrogen-bond acceptors (Lipinski definition) is 2. The molecule has 1 saturated carbocycles. The summed E-state index contributed by atoms with van der Waals surface area (Å²) in [5, 5.41) is 6.33. The van der Waals surface area contributed by atoms with Gasteiger partial charge in [-0.1, -0.05) is 29.8 Å². The van der Waals surface area contributed by atoms with Gasteiger partial charge in [0.1, 0.15) is 0 Å². The third-order valence-corrected chi connectivity index (χ3v) is 4.00. The first kappa shape index (κ1) is 21.7. The summed E-state index contributed by atoms with van der Waals surface area (Å²) >= 11 is 0. The van der Waals surface area contributed by atoms with Crippen molar-refractivity contribution in [3.8, 4) is 0 Å². The molecule has 0 heterocycles. The summed E-state index contributed by atoms with van der Waals surface area (Å²) in [4.78, 5) is 18.4.